The fourth-order valence-corrected chi connectivity index (χ4v) is 3.90. The molecule has 2 aromatic carbocycles. The lowest BCUT2D eigenvalue weighted by Gasteiger charge is -2.10. The fourth-order valence-electron chi connectivity index (χ4n) is 3.18. The molecule has 174 valence electrons. The Balaban J connectivity index is 1.42. The van der Waals surface area contributed by atoms with Crippen LogP contribution in [0, 0.1) is 6.92 Å². The third-order valence-corrected chi connectivity index (χ3v) is 5.89. The van der Waals surface area contributed by atoms with Gasteiger partial charge in [-0.3, -0.25) is 14.0 Å². The van der Waals surface area contributed by atoms with Crippen LogP contribution >= 0.6 is 11.8 Å². The van der Waals surface area contributed by atoms with Gasteiger partial charge in [0, 0.05) is 23.6 Å². The highest BCUT2D eigenvalue weighted by molar-refractivity contribution is 7.99. The van der Waals surface area contributed by atoms with Crippen molar-refractivity contribution in [3.8, 4) is 11.5 Å². The molecule has 0 radical (unpaired) electrons. The number of amides is 2. The SMILES string of the molecule is COc1ccc(NC(=O)CSc2nnc3ccc(C(=O)Nc4ccc(C)cc4)cn23)cc1OC. The molecule has 0 aliphatic carbocycles. The number of aryl methyl sites for hydroxylation is 1. The average molecular weight is 478 g/mol. The van der Waals surface area contributed by atoms with Crippen molar-refractivity contribution in [1.82, 2.24) is 14.6 Å². The second-order valence-corrected chi connectivity index (χ2v) is 8.30. The Bertz CT molecular complexity index is 1340. The number of methoxy groups -OCH3 is 2. The maximum Gasteiger partial charge on any atom is 0.257 e. The normalized spacial score (nSPS) is 10.7. The van der Waals surface area contributed by atoms with E-state index in [-0.39, 0.29) is 17.6 Å². The molecule has 0 aliphatic rings. The first-order chi connectivity index (χ1) is 16.5. The molecule has 0 fully saturated rings. The maximum absolute atomic E-state index is 12.7. The van der Waals surface area contributed by atoms with Crippen molar-refractivity contribution in [2.24, 2.45) is 0 Å². The van der Waals surface area contributed by atoms with E-state index in [9.17, 15) is 9.59 Å². The smallest absolute Gasteiger partial charge is 0.257 e. The molecule has 2 aromatic heterocycles. The highest BCUT2D eigenvalue weighted by Crippen LogP contribution is 2.30. The number of benzene rings is 2. The number of hydrogen-bond acceptors (Lipinski definition) is 7. The Labute approximate surface area is 200 Å². The zero-order chi connectivity index (χ0) is 24.1. The predicted molar refractivity (Wildman–Crippen MR) is 131 cm³/mol. The Hall–Kier alpha value is -4.05. The van der Waals surface area contributed by atoms with Crippen molar-refractivity contribution in [1.29, 1.82) is 0 Å². The van der Waals surface area contributed by atoms with Gasteiger partial charge >= 0.3 is 0 Å². The first-order valence-electron chi connectivity index (χ1n) is 10.3. The van der Waals surface area contributed by atoms with Crippen LogP contribution in [0.5, 0.6) is 11.5 Å². The van der Waals surface area contributed by atoms with Gasteiger partial charge in [0.1, 0.15) is 0 Å². The minimum atomic E-state index is -0.249. The van der Waals surface area contributed by atoms with Crippen molar-refractivity contribution in [2.45, 2.75) is 12.1 Å². The summed E-state index contributed by atoms with van der Waals surface area (Å²) in [6.07, 6.45) is 1.66. The van der Waals surface area contributed by atoms with E-state index in [4.69, 9.17) is 9.47 Å². The van der Waals surface area contributed by atoms with Crippen LogP contribution in [0.1, 0.15) is 15.9 Å². The van der Waals surface area contributed by atoms with Crippen molar-refractivity contribution < 1.29 is 19.1 Å². The minimum Gasteiger partial charge on any atom is -0.493 e. The maximum atomic E-state index is 12.7. The summed E-state index contributed by atoms with van der Waals surface area (Å²) < 4.78 is 12.2. The highest BCUT2D eigenvalue weighted by Gasteiger charge is 2.14. The monoisotopic (exact) mass is 477 g/mol. The molecule has 0 unspecified atom stereocenters. The summed E-state index contributed by atoms with van der Waals surface area (Å²) in [5.74, 6) is 0.735. The van der Waals surface area contributed by atoms with E-state index in [0.717, 1.165) is 5.56 Å². The van der Waals surface area contributed by atoms with Crippen LogP contribution in [0.3, 0.4) is 0 Å². The number of nitrogens with zero attached hydrogens (tertiary/aromatic N) is 3. The van der Waals surface area contributed by atoms with Crippen LogP contribution < -0.4 is 20.1 Å². The van der Waals surface area contributed by atoms with E-state index in [2.05, 4.69) is 20.8 Å². The number of nitrogens with one attached hydrogen (secondary N) is 2. The molecule has 4 rings (SSSR count). The van der Waals surface area contributed by atoms with E-state index < -0.39 is 0 Å². The lowest BCUT2D eigenvalue weighted by molar-refractivity contribution is -0.113. The van der Waals surface area contributed by atoms with E-state index in [0.29, 0.717) is 39.2 Å². The van der Waals surface area contributed by atoms with Crippen LogP contribution in [-0.2, 0) is 4.79 Å². The standard InChI is InChI=1S/C24H23N5O4S/c1-15-4-7-17(8-5-15)26-23(31)16-6-11-21-27-28-24(29(21)13-16)34-14-22(30)25-18-9-10-19(32-2)20(12-18)33-3/h4-13H,14H2,1-3H3,(H,25,30)(H,26,31). The molecule has 0 atom stereocenters. The molecule has 0 bridgehead atoms. The number of carbonyl (C=O) groups excluding carboxylic acids is 2. The Kier molecular flexibility index (Phi) is 6.98. The largest absolute Gasteiger partial charge is 0.493 e. The van der Waals surface area contributed by atoms with Crippen LogP contribution in [0.25, 0.3) is 5.65 Å². The molecule has 4 aromatic rings. The molecule has 10 heteroatoms. The van der Waals surface area contributed by atoms with Crippen molar-refractivity contribution in [2.75, 3.05) is 30.6 Å². The first-order valence-corrected chi connectivity index (χ1v) is 11.3. The quantitative estimate of drug-likeness (QED) is 0.369. The number of aromatic nitrogens is 3. The Morgan fingerprint density at radius 1 is 0.912 bits per heavy atom. The van der Waals surface area contributed by atoms with Crippen molar-refractivity contribution in [3.05, 3.63) is 71.9 Å². The van der Waals surface area contributed by atoms with Crippen LogP contribution in [-0.4, -0.2) is 46.4 Å². The van der Waals surface area contributed by atoms with Gasteiger partial charge in [0.2, 0.25) is 5.91 Å². The van der Waals surface area contributed by atoms with Gasteiger partial charge in [0.05, 0.1) is 25.5 Å². The molecular formula is C24H23N5O4S. The zero-order valence-electron chi connectivity index (χ0n) is 18.9. The van der Waals surface area contributed by atoms with E-state index >= 15 is 0 Å². The third-order valence-electron chi connectivity index (χ3n) is 4.94. The number of hydrogen-bond donors (Lipinski definition) is 2. The van der Waals surface area contributed by atoms with Gasteiger partial charge in [-0.15, -0.1) is 10.2 Å². The zero-order valence-corrected chi connectivity index (χ0v) is 19.7. The number of ether oxygens (including phenoxy) is 2. The third kappa shape index (κ3) is 5.29. The predicted octanol–water partition coefficient (Wildman–Crippen LogP) is 4.04. The van der Waals surface area contributed by atoms with E-state index in [1.54, 1.807) is 48.0 Å². The van der Waals surface area contributed by atoms with Gasteiger partial charge in [-0.25, -0.2) is 0 Å². The lowest BCUT2D eigenvalue weighted by Crippen LogP contribution is -2.14. The van der Waals surface area contributed by atoms with Crippen LogP contribution in [0.4, 0.5) is 11.4 Å². The molecule has 2 heterocycles. The molecule has 0 spiro atoms. The van der Waals surface area contributed by atoms with Gasteiger partial charge in [0.25, 0.3) is 5.91 Å². The number of thioether (sulfide) groups is 1. The van der Waals surface area contributed by atoms with Gasteiger partial charge in [-0.05, 0) is 43.3 Å². The van der Waals surface area contributed by atoms with E-state index in [1.165, 1.54) is 18.9 Å². The summed E-state index contributed by atoms with van der Waals surface area (Å²) >= 11 is 1.22. The number of fused-ring (bicyclic) bond motifs is 1. The van der Waals surface area contributed by atoms with Crippen molar-refractivity contribution in [3.63, 3.8) is 0 Å². The molecule has 34 heavy (non-hydrogen) atoms. The summed E-state index contributed by atoms with van der Waals surface area (Å²) in [7, 11) is 3.08. The molecule has 0 saturated carbocycles. The van der Waals surface area contributed by atoms with Crippen LogP contribution in [0.2, 0.25) is 0 Å². The average Bonchev–Trinajstić information content (AvgIpc) is 3.26. The summed E-state index contributed by atoms with van der Waals surface area (Å²) in [5.41, 5.74) is 3.44. The second kappa shape index (κ2) is 10.3. The van der Waals surface area contributed by atoms with Crippen molar-refractivity contribution >= 4 is 40.6 Å². The molecule has 9 nitrogen and oxygen atoms in total. The second-order valence-electron chi connectivity index (χ2n) is 7.36. The fraction of sp³-hybridized carbons (Fsp3) is 0.167. The van der Waals surface area contributed by atoms with Gasteiger partial charge in [-0.2, -0.15) is 0 Å². The number of pyridine rings is 1. The number of anilines is 2. The Morgan fingerprint density at radius 2 is 1.65 bits per heavy atom. The first kappa shape index (κ1) is 23.1. The molecular weight excluding hydrogens is 454 g/mol. The van der Waals surface area contributed by atoms with Crippen LogP contribution in [0.15, 0.2) is 66.0 Å². The summed E-state index contributed by atoms with van der Waals surface area (Å²) in [6.45, 7) is 1.99. The number of rotatable bonds is 8. The molecule has 2 N–H and O–H groups in total. The summed E-state index contributed by atoms with van der Waals surface area (Å²) in [4.78, 5) is 25.2. The van der Waals surface area contributed by atoms with Gasteiger partial charge < -0.3 is 20.1 Å². The van der Waals surface area contributed by atoms with E-state index in [1.807, 2.05) is 31.2 Å². The molecule has 0 aliphatic heterocycles. The summed E-state index contributed by atoms with van der Waals surface area (Å²) in [6, 6.07) is 16.1. The minimum absolute atomic E-state index is 0.106. The van der Waals surface area contributed by atoms with Gasteiger partial charge in [0.15, 0.2) is 22.3 Å². The Morgan fingerprint density at radius 3 is 2.38 bits per heavy atom. The molecule has 2 amide bonds. The topological polar surface area (TPSA) is 107 Å². The highest BCUT2D eigenvalue weighted by atomic mass is 32.2. The number of carbonyl (C=O) groups is 2. The lowest BCUT2D eigenvalue weighted by atomic mass is 10.2. The molecule has 0 saturated heterocycles. The summed E-state index contributed by atoms with van der Waals surface area (Å²) in [5, 5.41) is 14.5. The van der Waals surface area contributed by atoms with Gasteiger partial charge in [-0.1, -0.05) is 29.5 Å².